The maximum absolute atomic E-state index is 12.3. The van der Waals surface area contributed by atoms with Crippen molar-refractivity contribution in [2.45, 2.75) is 5.03 Å². The van der Waals surface area contributed by atoms with E-state index in [9.17, 15) is 9.59 Å². The lowest BCUT2D eigenvalue weighted by molar-refractivity contribution is 0.102. The third kappa shape index (κ3) is 3.69. The summed E-state index contributed by atoms with van der Waals surface area (Å²) in [6.45, 7) is 0. The highest BCUT2D eigenvalue weighted by Crippen LogP contribution is 2.25. The predicted molar refractivity (Wildman–Crippen MR) is 94.2 cm³/mol. The number of carbonyl (C=O) groups excluding carboxylic acids is 2. The first-order valence-electron chi connectivity index (χ1n) is 7.16. The molecule has 6 nitrogen and oxygen atoms in total. The summed E-state index contributed by atoms with van der Waals surface area (Å²) in [7, 11) is 0. The van der Waals surface area contributed by atoms with Gasteiger partial charge in [-0.2, -0.15) is 5.10 Å². The number of aromatic nitrogens is 2. The number of nitrogens with two attached hydrogens (primary N) is 1. The van der Waals surface area contributed by atoms with Crippen LogP contribution in [0.25, 0.3) is 10.8 Å². The van der Waals surface area contributed by atoms with Crippen LogP contribution in [-0.2, 0) is 0 Å². The van der Waals surface area contributed by atoms with Gasteiger partial charge in [0.1, 0.15) is 5.03 Å². The number of benzene rings is 2. The lowest BCUT2D eigenvalue weighted by Gasteiger charge is -2.05. The Bertz CT molecular complexity index is 891. The highest BCUT2D eigenvalue weighted by molar-refractivity contribution is 8.00. The van der Waals surface area contributed by atoms with Crippen LogP contribution in [-0.4, -0.2) is 27.8 Å². The normalized spacial score (nSPS) is 10.5. The van der Waals surface area contributed by atoms with Gasteiger partial charge in [-0.25, -0.2) is 4.79 Å². The van der Waals surface area contributed by atoms with E-state index in [2.05, 4.69) is 15.5 Å². The number of thioether (sulfide) groups is 1. The molecule has 0 saturated heterocycles. The molecule has 0 saturated carbocycles. The van der Waals surface area contributed by atoms with Crippen molar-refractivity contribution in [1.82, 2.24) is 10.2 Å². The van der Waals surface area contributed by atoms with E-state index >= 15 is 0 Å². The highest BCUT2D eigenvalue weighted by Gasteiger charge is 2.10. The molecule has 0 atom stereocenters. The average Bonchev–Trinajstić information content (AvgIpc) is 2.59. The minimum atomic E-state index is -0.640. The summed E-state index contributed by atoms with van der Waals surface area (Å²) in [5.41, 5.74) is 6.16. The maximum atomic E-state index is 12.3. The molecular weight excluding hydrogens is 324 g/mol. The van der Waals surface area contributed by atoms with Crippen LogP contribution >= 0.6 is 11.8 Å². The summed E-state index contributed by atoms with van der Waals surface area (Å²) >= 11 is 1.35. The van der Waals surface area contributed by atoms with E-state index in [4.69, 9.17) is 5.73 Å². The Balaban J connectivity index is 1.69. The smallest absolute Gasteiger partial charge is 0.316 e. The molecule has 3 N–H and O–H groups in total. The Hall–Kier alpha value is -2.93. The number of nitrogens with zero attached hydrogens (tertiary/aromatic N) is 2. The molecule has 0 aliphatic rings. The first-order chi connectivity index (χ1) is 11.6. The van der Waals surface area contributed by atoms with Crippen LogP contribution in [0, 0.1) is 0 Å². The Morgan fingerprint density at radius 2 is 1.83 bits per heavy atom. The zero-order valence-corrected chi connectivity index (χ0v) is 13.4. The van der Waals surface area contributed by atoms with Crippen molar-refractivity contribution in [3.8, 4) is 0 Å². The summed E-state index contributed by atoms with van der Waals surface area (Å²) in [6, 6.07) is 13.7. The van der Waals surface area contributed by atoms with Gasteiger partial charge < -0.3 is 11.1 Å². The van der Waals surface area contributed by atoms with Crippen molar-refractivity contribution in [1.29, 1.82) is 0 Å². The van der Waals surface area contributed by atoms with E-state index in [1.807, 2.05) is 24.3 Å². The highest BCUT2D eigenvalue weighted by atomic mass is 32.2. The fraction of sp³-hybridized carbons (Fsp3) is 0.0588. The third-order valence-electron chi connectivity index (χ3n) is 3.35. The van der Waals surface area contributed by atoms with Gasteiger partial charge in [-0.1, -0.05) is 36.0 Å². The van der Waals surface area contributed by atoms with Crippen molar-refractivity contribution in [2.24, 2.45) is 5.73 Å². The Labute approximate surface area is 142 Å². The number of fused-ring (bicyclic) bond motifs is 1. The molecule has 2 amide bonds. The summed E-state index contributed by atoms with van der Waals surface area (Å²) in [6.07, 6.45) is 1.70. The number of primary amides is 1. The van der Waals surface area contributed by atoms with Crippen LogP contribution in [0.3, 0.4) is 0 Å². The van der Waals surface area contributed by atoms with Crippen molar-refractivity contribution in [2.75, 3.05) is 11.1 Å². The second-order valence-electron chi connectivity index (χ2n) is 5.02. The second-order valence-corrected chi connectivity index (χ2v) is 5.98. The molecule has 2 aromatic carbocycles. The average molecular weight is 338 g/mol. The summed E-state index contributed by atoms with van der Waals surface area (Å²) < 4.78 is 0. The molecule has 1 aromatic heterocycles. The van der Waals surface area contributed by atoms with Gasteiger partial charge in [0.2, 0.25) is 0 Å². The number of hydrogen-bond acceptors (Lipinski definition) is 5. The summed E-state index contributed by atoms with van der Waals surface area (Å²) in [5, 5.41) is 13.2. The monoisotopic (exact) mass is 338 g/mol. The lowest BCUT2D eigenvalue weighted by atomic mass is 10.1. The summed E-state index contributed by atoms with van der Waals surface area (Å²) in [4.78, 5) is 23.1. The number of Topliss-reactive ketones (excluding diaryl/α,β-unsaturated/α-hetero) is 1. The molecular formula is C17H14N4O2S. The largest absolute Gasteiger partial charge is 0.351 e. The Kier molecular flexibility index (Phi) is 4.72. The molecule has 120 valence electrons. The second kappa shape index (κ2) is 7.10. The number of rotatable bonds is 5. The molecule has 0 unspecified atom stereocenters. The van der Waals surface area contributed by atoms with E-state index in [1.165, 1.54) is 11.8 Å². The molecule has 0 spiro atoms. The first-order valence-corrected chi connectivity index (χ1v) is 8.15. The van der Waals surface area contributed by atoms with Crippen LogP contribution in [0.1, 0.15) is 10.4 Å². The Morgan fingerprint density at radius 3 is 2.58 bits per heavy atom. The minimum absolute atomic E-state index is 0.0274. The number of ketones is 1. The first kappa shape index (κ1) is 15.9. The standard InChI is InChI=1S/C17H14N4O2S/c18-17(23)20-13-7-5-11(6-8-13)15(22)10-24-16-14-4-2-1-3-12(14)9-19-21-16/h1-9H,10H2,(H3,18,20,23). The van der Waals surface area contributed by atoms with Crippen LogP contribution in [0.15, 0.2) is 59.8 Å². The molecule has 7 heteroatoms. The van der Waals surface area contributed by atoms with Crippen molar-refractivity contribution < 1.29 is 9.59 Å². The fourth-order valence-electron chi connectivity index (χ4n) is 2.21. The SMILES string of the molecule is NC(=O)Nc1ccc(C(=O)CSc2nncc3ccccc23)cc1. The molecule has 0 aliphatic carbocycles. The van der Waals surface area contributed by atoms with Crippen LogP contribution in [0.5, 0.6) is 0 Å². The number of hydrogen-bond donors (Lipinski definition) is 2. The van der Waals surface area contributed by atoms with Gasteiger partial charge in [0.15, 0.2) is 5.78 Å². The van der Waals surface area contributed by atoms with Crippen LogP contribution < -0.4 is 11.1 Å². The molecule has 0 bridgehead atoms. The van der Waals surface area contributed by atoms with E-state index < -0.39 is 6.03 Å². The van der Waals surface area contributed by atoms with Gasteiger partial charge in [-0.05, 0) is 24.3 Å². The van der Waals surface area contributed by atoms with E-state index in [0.29, 0.717) is 11.3 Å². The molecule has 24 heavy (non-hydrogen) atoms. The van der Waals surface area contributed by atoms with E-state index in [0.717, 1.165) is 15.8 Å². The predicted octanol–water partition coefficient (Wildman–Crippen LogP) is 3.10. The zero-order chi connectivity index (χ0) is 16.9. The van der Waals surface area contributed by atoms with Gasteiger partial charge >= 0.3 is 6.03 Å². The lowest BCUT2D eigenvalue weighted by Crippen LogP contribution is -2.19. The van der Waals surface area contributed by atoms with Gasteiger partial charge in [0.25, 0.3) is 0 Å². The number of nitrogens with one attached hydrogen (secondary N) is 1. The zero-order valence-electron chi connectivity index (χ0n) is 12.6. The summed E-state index contributed by atoms with van der Waals surface area (Å²) in [5.74, 6) is 0.228. The maximum Gasteiger partial charge on any atom is 0.316 e. The number of amides is 2. The van der Waals surface area contributed by atoms with Crippen molar-refractivity contribution in [3.63, 3.8) is 0 Å². The molecule has 3 aromatic rings. The third-order valence-corrected chi connectivity index (χ3v) is 4.33. The van der Waals surface area contributed by atoms with Gasteiger partial charge in [-0.15, -0.1) is 5.10 Å². The minimum Gasteiger partial charge on any atom is -0.351 e. The van der Waals surface area contributed by atoms with Crippen LogP contribution in [0.4, 0.5) is 10.5 Å². The number of anilines is 1. The molecule has 3 rings (SSSR count). The quantitative estimate of drug-likeness (QED) is 0.550. The number of urea groups is 1. The van der Waals surface area contributed by atoms with Crippen LogP contribution in [0.2, 0.25) is 0 Å². The molecule has 0 radical (unpaired) electrons. The van der Waals surface area contributed by atoms with Crippen molar-refractivity contribution >= 4 is 40.0 Å². The molecule has 1 heterocycles. The van der Waals surface area contributed by atoms with Gasteiger partial charge in [0, 0.05) is 22.0 Å². The van der Waals surface area contributed by atoms with Gasteiger partial charge in [0.05, 0.1) is 11.9 Å². The van der Waals surface area contributed by atoms with E-state index in [-0.39, 0.29) is 11.5 Å². The van der Waals surface area contributed by atoms with E-state index in [1.54, 1.807) is 30.5 Å². The molecule has 0 fully saturated rings. The fourth-order valence-corrected chi connectivity index (χ4v) is 3.09. The van der Waals surface area contributed by atoms with Crippen molar-refractivity contribution in [3.05, 3.63) is 60.3 Å². The topological polar surface area (TPSA) is 98.0 Å². The molecule has 0 aliphatic heterocycles. The Morgan fingerprint density at radius 1 is 1.08 bits per heavy atom. The number of carbonyl (C=O) groups is 2. The van der Waals surface area contributed by atoms with Gasteiger partial charge in [-0.3, -0.25) is 4.79 Å².